The first kappa shape index (κ1) is 20.4. The van der Waals surface area contributed by atoms with Crippen LogP contribution in [-0.2, 0) is 17.8 Å². The minimum atomic E-state index is -0.451. The van der Waals surface area contributed by atoms with E-state index in [-0.39, 0.29) is 5.91 Å². The Labute approximate surface area is 181 Å². The number of amides is 2. The Kier molecular flexibility index (Phi) is 5.85. The third kappa shape index (κ3) is 4.36. The van der Waals surface area contributed by atoms with E-state index in [2.05, 4.69) is 53.2 Å². The van der Waals surface area contributed by atoms with Gasteiger partial charge in [0.25, 0.3) is 0 Å². The van der Waals surface area contributed by atoms with E-state index in [9.17, 15) is 9.59 Å². The van der Waals surface area contributed by atoms with E-state index in [1.807, 2.05) is 18.2 Å². The van der Waals surface area contributed by atoms with Crippen LogP contribution in [0, 0.1) is 0 Å². The number of carbonyl (C=O) groups excluding carboxylic acids is 2. The van der Waals surface area contributed by atoms with E-state index >= 15 is 0 Å². The van der Waals surface area contributed by atoms with Crippen LogP contribution in [0.25, 0.3) is 27.9 Å². The number of aryl methyl sites for hydroxylation is 1. The molecule has 2 amide bonds. The van der Waals surface area contributed by atoms with Crippen LogP contribution in [0.1, 0.15) is 28.4 Å². The molecule has 156 valence electrons. The molecule has 1 heterocycles. The number of primary amides is 1. The molecule has 0 aliphatic heterocycles. The summed E-state index contributed by atoms with van der Waals surface area (Å²) in [4.78, 5) is 23.5. The lowest BCUT2D eigenvalue weighted by Gasteiger charge is -2.04. The molecule has 3 aromatic carbocycles. The van der Waals surface area contributed by atoms with Gasteiger partial charge in [-0.05, 0) is 60.9 Å². The number of carbonyl (C=O) groups is 2. The minimum absolute atomic E-state index is 0.151. The van der Waals surface area contributed by atoms with Crippen LogP contribution < -0.4 is 11.1 Å². The zero-order chi connectivity index (χ0) is 21.8. The Morgan fingerprint density at radius 2 is 1.77 bits per heavy atom. The fourth-order valence-electron chi connectivity index (χ4n) is 3.96. The number of aromatic nitrogens is 1. The summed E-state index contributed by atoms with van der Waals surface area (Å²) in [5.74, 6) is -0.602. The predicted molar refractivity (Wildman–Crippen MR) is 126 cm³/mol. The number of benzene rings is 3. The highest BCUT2D eigenvalue weighted by atomic mass is 16.1. The first-order valence-corrected chi connectivity index (χ1v) is 10.4. The van der Waals surface area contributed by atoms with E-state index in [0.717, 1.165) is 17.7 Å². The van der Waals surface area contributed by atoms with Crippen LogP contribution >= 0.6 is 0 Å². The van der Waals surface area contributed by atoms with Crippen molar-refractivity contribution in [1.29, 1.82) is 0 Å². The van der Waals surface area contributed by atoms with Gasteiger partial charge in [-0.15, -0.1) is 0 Å². The molecule has 4 rings (SSSR count). The zero-order valence-electron chi connectivity index (χ0n) is 17.5. The van der Waals surface area contributed by atoms with Crippen molar-refractivity contribution in [3.05, 3.63) is 89.5 Å². The summed E-state index contributed by atoms with van der Waals surface area (Å²) in [7, 11) is 0. The van der Waals surface area contributed by atoms with Gasteiger partial charge in [0.1, 0.15) is 0 Å². The number of rotatable bonds is 7. The maximum absolute atomic E-state index is 12.2. The van der Waals surface area contributed by atoms with Crippen molar-refractivity contribution in [3.8, 4) is 0 Å². The van der Waals surface area contributed by atoms with Crippen molar-refractivity contribution in [2.75, 3.05) is 6.54 Å². The van der Waals surface area contributed by atoms with Crippen molar-refractivity contribution in [2.24, 2.45) is 5.73 Å². The average Bonchev–Trinajstić information content (AvgIpc) is 3.11. The molecular weight excluding hydrogens is 386 g/mol. The summed E-state index contributed by atoms with van der Waals surface area (Å²) in [6, 6.07) is 21.8. The molecule has 0 atom stereocenters. The Hall–Kier alpha value is -3.86. The van der Waals surface area contributed by atoms with Gasteiger partial charge in [-0.1, -0.05) is 36.4 Å². The van der Waals surface area contributed by atoms with Gasteiger partial charge >= 0.3 is 0 Å². The molecule has 3 N–H and O–H groups in total. The maximum Gasteiger partial charge on any atom is 0.248 e. The number of nitrogens with zero attached hydrogens (tertiary/aromatic N) is 1. The van der Waals surface area contributed by atoms with Crippen molar-refractivity contribution in [2.45, 2.75) is 19.9 Å². The third-order valence-corrected chi connectivity index (χ3v) is 5.46. The summed E-state index contributed by atoms with van der Waals surface area (Å²) in [6.07, 6.45) is 4.02. The van der Waals surface area contributed by atoms with E-state index in [0.29, 0.717) is 18.5 Å². The van der Waals surface area contributed by atoms with Crippen LogP contribution in [0.15, 0.2) is 72.8 Å². The largest absolute Gasteiger partial charge is 0.366 e. The van der Waals surface area contributed by atoms with E-state index in [4.69, 9.17) is 5.73 Å². The normalized spacial score (nSPS) is 11.4. The molecule has 0 saturated heterocycles. The molecule has 0 saturated carbocycles. The number of nitrogens with one attached hydrogen (secondary N) is 1. The van der Waals surface area contributed by atoms with Crippen LogP contribution in [0.5, 0.6) is 0 Å². The van der Waals surface area contributed by atoms with Crippen LogP contribution in [-0.4, -0.2) is 22.9 Å². The summed E-state index contributed by atoms with van der Waals surface area (Å²) < 4.78 is 2.30. The van der Waals surface area contributed by atoms with Crippen LogP contribution in [0.3, 0.4) is 0 Å². The SMILES string of the molecule is CCn1c2ccccc2c2cc(/C=C/C(=O)NCCc3cccc(C(N)=O)c3)ccc21. The number of para-hydroxylation sites is 1. The van der Waals surface area contributed by atoms with E-state index < -0.39 is 5.91 Å². The molecule has 31 heavy (non-hydrogen) atoms. The zero-order valence-corrected chi connectivity index (χ0v) is 17.5. The predicted octanol–water partition coefficient (Wildman–Crippen LogP) is 4.29. The molecule has 0 bridgehead atoms. The summed E-state index contributed by atoms with van der Waals surface area (Å²) in [5.41, 5.74) is 10.1. The molecule has 0 aliphatic rings. The monoisotopic (exact) mass is 411 g/mol. The second-order valence-electron chi connectivity index (χ2n) is 7.48. The average molecular weight is 412 g/mol. The van der Waals surface area contributed by atoms with Gasteiger partial charge in [0.05, 0.1) is 0 Å². The Morgan fingerprint density at radius 3 is 2.58 bits per heavy atom. The molecule has 4 aromatic rings. The standard InChI is InChI=1S/C26H25N3O2/c1-2-29-23-9-4-3-8-21(23)22-17-19(10-12-24(22)29)11-13-25(30)28-15-14-18-6-5-7-20(16-18)26(27)31/h3-13,16-17H,2,14-15H2,1H3,(H2,27,31)(H,28,30)/b13-11+. The highest BCUT2D eigenvalue weighted by molar-refractivity contribution is 6.08. The van der Waals surface area contributed by atoms with Crippen molar-refractivity contribution >= 4 is 39.7 Å². The van der Waals surface area contributed by atoms with Gasteiger partial charge in [0.15, 0.2) is 0 Å². The molecule has 0 radical (unpaired) electrons. The lowest BCUT2D eigenvalue weighted by molar-refractivity contribution is -0.116. The van der Waals surface area contributed by atoms with Gasteiger partial charge in [-0.2, -0.15) is 0 Å². The van der Waals surface area contributed by atoms with Gasteiger partial charge in [-0.25, -0.2) is 0 Å². The number of hydrogen-bond donors (Lipinski definition) is 2. The quantitative estimate of drug-likeness (QED) is 0.445. The molecular formula is C26H25N3O2. The molecule has 0 unspecified atom stereocenters. The van der Waals surface area contributed by atoms with E-state index in [1.165, 1.54) is 21.8 Å². The van der Waals surface area contributed by atoms with Gasteiger partial charge in [0, 0.05) is 46.5 Å². The fraction of sp³-hybridized carbons (Fsp3) is 0.154. The second-order valence-corrected chi connectivity index (χ2v) is 7.48. The molecule has 5 nitrogen and oxygen atoms in total. The van der Waals surface area contributed by atoms with Gasteiger partial charge < -0.3 is 15.6 Å². The van der Waals surface area contributed by atoms with Crippen molar-refractivity contribution < 1.29 is 9.59 Å². The Morgan fingerprint density at radius 1 is 0.968 bits per heavy atom. The van der Waals surface area contributed by atoms with Crippen molar-refractivity contribution in [3.63, 3.8) is 0 Å². The first-order chi connectivity index (χ1) is 15.1. The molecule has 5 heteroatoms. The summed E-state index contributed by atoms with van der Waals surface area (Å²) in [5, 5.41) is 5.29. The van der Waals surface area contributed by atoms with E-state index in [1.54, 1.807) is 24.3 Å². The number of hydrogen-bond acceptors (Lipinski definition) is 2. The Balaban J connectivity index is 1.43. The van der Waals surface area contributed by atoms with Gasteiger partial charge in [0.2, 0.25) is 11.8 Å². The highest BCUT2D eigenvalue weighted by Crippen LogP contribution is 2.29. The first-order valence-electron chi connectivity index (χ1n) is 10.4. The number of fused-ring (bicyclic) bond motifs is 3. The highest BCUT2D eigenvalue weighted by Gasteiger charge is 2.09. The van der Waals surface area contributed by atoms with Gasteiger partial charge in [-0.3, -0.25) is 9.59 Å². The molecule has 0 fully saturated rings. The van der Waals surface area contributed by atoms with Crippen LogP contribution in [0.2, 0.25) is 0 Å². The maximum atomic E-state index is 12.2. The fourth-order valence-corrected chi connectivity index (χ4v) is 3.96. The number of nitrogens with two attached hydrogens (primary N) is 1. The summed E-state index contributed by atoms with van der Waals surface area (Å²) in [6.45, 7) is 3.53. The minimum Gasteiger partial charge on any atom is -0.366 e. The topological polar surface area (TPSA) is 77.1 Å². The second kappa shape index (κ2) is 8.88. The van der Waals surface area contributed by atoms with Crippen molar-refractivity contribution in [1.82, 2.24) is 9.88 Å². The molecule has 0 spiro atoms. The van der Waals surface area contributed by atoms with Crippen LogP contribution in [0.4, 0.5) is 0 Å². The summed E-state index contributed by atoms with van der Waals surface area (Å²) >= 11 is 0. The lowest BCUT2D eigenvalue weighted by Crippen LogP contribution is -2.23. The molecule has 0 aliphatic carbocycles. The lowest BCUT2D eigenvalue weighted by atomic mass is 10.1. The third-order valence-electron chi connectivity index (χ3n) is 5.46. The Bertz CT molecular complexity index is 1300. The molecule has 1 aromatic heterocycles. The smallest absolute Gasteiger partial charge is 0.248 e.